The molecule has 2 rings (SSSR count). The molecule has 96 valence electrons. The Morgan fingerprint density at radius 3 is 2.72 bits per heavy atom. The molecular formula is C14H16Cl2N2. The molecule has 0 amide bonds. The highest BCUT2D eigenvalue weighted by molar-refractivity contribution is 6.43. The van der Waals surface area contributed by atoms with E-state index in [1.54, 1.807) is 6.07 Å². The average Bonchev–Trinajstić information content (AvgIpc) is 2.60. The van der Waals surface area contributed by atoms with Gasteiger partial charge in [-0.3, -0.25) is 0 Å². The Morgan fingerprint density at radius 2 is 1.94 bits per heavy atom. The first-order chi connectivity index (χ1) is 8.72. The van der Waals surface area contributed by atoms with Gasteiger partial charge < -0.3 is 5.32 Å². The van der Waals surface area contributed by atoms with E-state index in [2.05, 4.69) is 11.4 Å². The Balaban J connectivity index is 2.16. The lowest BCUT2D eigenvalue weighted by atomic mass is 9.96. The van der Waals surface area contributed by atoms with E-state index in [4.69, 9.17) is 23.2 Å². The van der Waals surface area contributed by atoms with Crippen LogP contribution in [0.4, 0.5) is 5.69 Å². The third-order valence-electron chi connectivity index (χ3n) is 3.47. The molecule has 18 heavy (non-hydrogen) atoms. The summed E-state index contributed by atoms with van der Waals surface area (Å²) in [5.74, 6) is 0.0579. The predicted octanol–water partition coefficient (Wildman–Crippen LogP) is 4.88. The van der Waals surface area contributed by atoms with Gasteiger partial charge in [0.2, 0.25) is 0 Å². The Bertz CT molecular complexity index is 454. The molecule has 0 aliphatic heterocycles. The topological polar surface area (TPSA) is 35.8 Å². The number of hydrogen-bond donors (Lipinski definition) is 1. The maximum Gasteiger partial charge on any atom is 0.0823 e. The van der Waals surface area contributed by atoms with Crippen LogP contribution in [0.15, 0.2) is 18.2 Å². The van der Waals surface area contributed by atoms with E-state index in [1.807, 2.05) is 12.1 Å². The van der Waals surface area contributed by atoms with Crippen molar-refractivity contribution in [1.82, 2.24) is 0 Å². The molecule has 1 aliphatic carbocycles. The van der Waals surface area contributed by atoms with Crippen molar-refractivity contribution in [1.29, 1.82) is 5.26 Å². The fourth-order valence-corrected chi connectivity index (χ4v) is 2.81. The van der Waals surface area contributed by atoms with Gasteiger partial charge in [-0.05, 0) is 25.0 Å². The molecule has 1 aliphatic rings. The molecule has 2 nitrogen and oxygen atoms in total. The highest BCUT2D eigenvalue weighted by Crippen LogP contribution is 2.32. The summed E-state index contributed by atoms with van der Waals surface area (Å²) in [6, 6.07) is 8.13. The van der Waals surface area contributed by atoms with Gasteiger partial charge in [-0.2, -0.15) is 5.26 Å². The Morgan fingerprint density at radius 1 is 1.17 bits per heavy atom. The summed E-state index contributed by atoms with van der Waals surface area (Å²) in [4.78, 5) is 0. The van der Waals surface area contributed by atoms with Crippen molar-refractivity contribution >= 4 is 28.9 Å². The Kier molecular flexibility index (Phi) is 4.74. The monoisotopic (exact) mass is 282 g/mol. The quantitative estimate of drug-likeness (QED) is 0.785. The van der Waals surface area contributed by atoms with E-state index in [0.717, 1.165) is 31.4 Å². The largest absolute Gasteiger partial charge is 0.380 e. The van der Waals surface area contributed by atoms with Crippen molar-refractivity contribution in [2.45, 2.75) is 38.1 Å². The minimum Gasteiger partial charge on any atom is -0.380 e. The lowest BCUT2D eigenvalue weighted by Crippen LogP contribution is -2.27. The second-order valence-electron chi connectivity index (χ2n) is 4.73. The van der Waals surface area contributed by atoms with Crippen molar-refractivity contribution in [2.75, 3.05) is 5.32 Å². The number of hydrogen-bond acceptors (Lipinski definition) is 2. The molecule has 2 unspecified atom stereocenters. The van der Waals surface area contributed by atoms with Crippen LogP contribution < -0.4 is 5.32 Å². The molecule has 0 bridgehead atoms. The first kappa shape index (κ1) is 13.5. The minimum absolute atomic E-state index is 0.0579. The molecule has 1 aromatic rings. The zero-order valence-corrected chi connectivity index (χ0v) is 11.6. The van der Waals surface area contributed by atoms with Crippen molar-refractivity contribution in [3.8, 4) is 6.07 Å². The van der Waals surface area contributed by atoms with Gasteiger partial charge >= 0.3 is 0 Å². The first-order valence-corrected chi connectivity index (χ1v) is 7.08. The summed E-state index contributed by atoms with van der Waals surface area (Å²) in [5.41, 5.74) is 0.830. The highest BCUT2D eigenvalue weighted by atomic mass is 35.5. The van der Waals surface area contributed by atoms with Crippen molar-refractivity contribution in [2.24, 2.45) is 5.92 Å². The molecule has 1 fully saturated rings. The number of benzene rings is 1. The minimum atomic E-state index is 0.0579. The van der Waals surface area contributed by atoms with Crippen LogP contribution >= 0.6 is 23.2 Å². The number of nitriles is 1. The summed E-state index contributed by atoms with van der Waals surface area (Å²) < 4.78 is 0. The summed E-state index contributed by atoms with van der Waals surface area (Å²) in [5, 5.41) is 13.7. The number of anilines is 1. The Hall–Kier alpha value is -0.910. The summed E-state index contributed by atoms with van der Waals surface area (Å²) >= 11 is 12.2. The highest BCUT2D eigenvalue weighted by Gasteiger charge is 2.24. The van der Waals surface area contributed by atoms with Crippen LogP contribution in [-0.2, 0) is 0 Å². The fourth-order valence-electron chi connectivity index (χ4n) is 2.45. The third-order valence-corrected chi connectivity index (χ3v) is 4.29. The van der Waals surface area contributed by atoms with Crippen molar-refractivity contribution in [3.05, 3.63) is 28.2 Å². The van der Waals surface area contributed by atoms with E-state index < -0.39 is 0 Å². The van der Waals surface area contributed by atoms with Crippen LogP contribution in [0.2, 0.25) is 10.0 Å². The molecular weight excluding hydrogens is 267 g/mol. The molecule has 0 aromatic heterocycles. The van der Waals surface area contributed by atoms with Gasteiger partial charge in [0, 0.05) is 6.04 Å². The molecule has 0 radical (unpaired) electrons. The van der Waals surface area contributed by atoms with Crippen molar-refractivity contribution in [3.63, 3.8) is 0 Å². The molecule has 0 heterocycles. The van der Waals surface area contributed by atoms with Crippen LogP contribution in [-0.4, -0.2) is 6.04 Å². The van der Waals surface area contributed by atoms with Gasteiger partial charge in [-0.1, -0.05) is 48.5 Å². The van der Waals surface area contributed by atoms with Crippen LogP contribution in [0.3, 0.4) is 0 Å². The van der Waals surface area contributed by atoms with E-state index in [-0.39, 0.29) is 12.0 Å². The third kappa shape index (κ3) is 3.10. The number of nitrogens with one attached hydrogen (secondary N) is 1. The maximum atomic E-state index is 9.24. The van der Waals surface area contributed by atoms with Gasteiger partial charge in [0.25, 0.3) is 0 Å². The lowest BCUT2D eigenvalue weighted by Gasteiger charge is -2.23. The molecule has 0 spiro atoms. The molecule has 1 aromatic carbocycles. The number of halogens is 2. The lowest BCUT2D eigenvalue weighted by molar-refractivity contribution is 0.514. The molecule has 4 heteroatoms. The molecule has 0 saturated heterocycles. The SMILES string of the molecule is N#CC1CCCCCC1Nc1cccc(Cl)c1Cl. The summed E-state index contributed by atoms with van der Waals surface area (Å²) in [6.07, 6.45) is 5.49. The molecule has 2 atom stereocenters. The van der Waals surface area contributed by atoms with Gasteiger partial charge in [-0.15, -0.1) is 0 Å². The van der Waals surface area contributed by atoms with Crippen LogP contribution in [0, 0.1) is 17.2 Å². The van der Waals surface area contributed by atoms with E-state index in [9.17, 15) is 5.26 Å². The normalized spacial score (nSPS) is 24.1. The van der Waals surface area contributed by atoms with Crippen LogP contribution in [0.5, 0.6) is 0 Å². The van der Waals surface area contributed by atoms with E-state index >= 15 is 0 Å². The summed E-state index contributed by atoms with van der Waals surface area (Å²) in [6.45, 7) is 0. The van der Waals surface area contributed by atoms with E-state index in [0.29, 0.717) is 10.0 Å². The van der Waals surface area contributed by atoms with Gasteiger partial charge in [0.15, 0.2) is 0 Å². The van der Waals surface area contributed by atoms with Gasteiger partial charge in [0.1, 0.15) is 0 Å². The van der Waals surface area contributed by atoms with Crippen LogP contribution in [0.25, 0.3) is 0 Å². The second kappa shape index (κ2) is 6.31. The fraction of sp³-hybridized carbons (Fsp3) is 0.500. The number of rotatable bonds is 2. The molecule has 1 saturated carbocycles. The zero-order chi connectivity index (χ0) is 13.0. The standard InChI is InChI=1S/C14H16Cl2N2/c15-11-6-4-8-13(14(11)16)18-12-7-3-1-2-5-10(12)9-17/h4,6,8,10,12,18H,1-3,5,7H2. The number of nitrogens with zero attached hydrogens (tertiary/aromatic N) is 1. The van der Waals surface area contributed by atoms with Crippen molar-refractivity contribution < 1.29 is 0 Å². The Labute approximate surface area is 118 Å². The van der Waals surface area contributed by atoms with Gasteiger partial charge in [0.05, 0.1) is 27.7 Å². The second-order valence-corrected chi connectivity index (χ2v) is 5.51. The van der Waals surface area contributed by atoms with E-state index in [1.165, 1.54) is 6.42 Å². The first-order valence-electron chi connectivity index (χ1n) is 6.32. The predicted molar refractivity (Wildman–Crippen MR) is 76.1 cm³/mol. The average molecular weight is 283 g/mol. The van der Waals surface area contributed by atoms with Crippen LogP contribution in [0.1, 0.15) is 32.1 Å². The smallest absolute Gasteiger partial charge is 0.0823 e. The maximum absolute atomic E-state index is 9.24. The zero-order valence-electron chi connectivity index (χ0n) is 10.1. The summed E-state index contributed by atoms with van der Waals surface area (Å²) in [7, 11) is 0. The van der Waals surface area contributed by atoms with Gasteiger partial charge in [-0.25, -0.2) is 0 Å². The molecule has 1 N–H and O–H groups in total.